The molecule has 0 aliphatic heterocycles. The molecule has 0 fully saturated rings. The van der Waals surface area contributed by atoms with E-state index in [0.29, 0.717) is 16.1 Å². The number of fused-ring (bicyclic) bond motifs is 1. The topological polar surface area (TPSA) is 114 Å². The zero-order valence-electron chi connectivity index (χ0n) is 18.3. The van der Waals surface area contributed by atoms with Crippen LogP contribution in [-0.2, 0) is 16.8 Å². The molecule has 4 rings (SSSR count). The summed E-state index contributed by atoms with van der Waals surface area (Å²) in [6.45, 7) is 5.99. The van der Waals surface area contributed by atoms with Gasteiger partial charge in [-0.05, 0) is 35.2 Å². The van der Waals surface area contributed by atoms with E-state index in [9.17, 15) is 19.5 Å². The Morgan fingerprint density at radius 1 is 1.09 bits per heavy atom. The molecule has 168 valence electrons. The number of carbonyl (C=O) groups excluding carboxylic acids is 1. The van der Waals surface area contributed by atoms with E-state index in [4.69, 9.17) is 0 Å². The number of nitrogens with one attached hydrogen (secondary N) is 1. The maximum absolute atomic E-state index is 13.3. The number of thiophene rings is 1. The molecule has 0 radical (unpaired) electrons. The molecule has 1 aromatic carbocycles. The van der Waals surface area contributed by atoms with Gasteiger partial charge in [-0.15, -0.1) is 11.3 Å². The average Bonchev–Trinajstić information content (AvgIpc) is 3.20. The largest absolute Gasteiger partial charge is 0.478 e. The summed E-state index contributed by atoms with van der Waals surface area (Å²) in [6, 6.07) is 10.9. The Labute approximate surface area is 193 Å². The van der Waals surface area contributed by atoms with Gasteiger partial charge in [-0.2, -0.15) is 0 Å². The molecular weight excluding hydrogens is 440 g/mol. The summed E-state index contributed by atoms with van der Waals surface area (Å²) in [5, 5.41) is 13.7. The highest BCUT2D eigenvalue weighted by atomic mass is 32.1. The molecule has 4 aromatic rings. The first kappa shape index (κ1) is 22.3. The van der Waals surface area contributed by atoms with E-state index in [1.165, 1.54) is 9.95 Å². The highest BCUT2D eigenvalue weighted by Crippen LogP contribution is 2.26. The van der Waals surface area contributed by atoms with Gasteiger partial charge in [0.2, 0.25) is 5.91 Å². The van der Waals surface area contributed by atoms with Crippen LogP contribution in [0, 0.1) is 0 Å². The number of amides is 1. The molecule has 0 unspecified atom stereocenters. The predicted molar refractivity (Wildman–Crippen MR) is 128 cm³/mol. The minimum Gasteiger partial charge on any atom is -0.478 e. The van der Waals surface area contributed by atoms with Crippen molar-refractivity contribution in [2.24, 2.45) is 0 Å². The summed E-state index contributed by atoms with van der Waals surface area (Å²) >= 11 is 1.08. The summed E-state index contributed by atoms with van der Waals surface area (Å²) in [5.41, 5.74) is 1.60. The van der Waals surface area contributed by atoms with Crippen molar-refractivity contribution >= 4 is 39.1 Å². The fraction of sp³-hybridized carbons (Fsp3) is 0.208. The van der Waals surface area contributed by atoms with Gasteiger partial charge in [0, 0.05) is 29.0 Å². The minimum absolute atomic E-state index is 0.00682. The smallest absolute Gasteiger partial charge is 0.337 e. The second kappa shape index (κ2) is 8.59. The third kappa shape index (κ3) is 4.54. The molecule has 2 N–H and O–H groups in total. The van der Waals surface area contributed by atoms with E-state index in [1.54, 1.807) is 24.5 Å². The number of hydrogen-bond donors (Lipinski definition) is 2. The fourth-order valence-corrected chi connectivity index (χ4v) is 4.35. The summed E-state index contributed by atoms with van der Waals surface area (Å²) in [7, 11) is 0. The summed E-state index contributed by atoms with van der Waals surface area (Å²) in [6.07, 6.45) is 3.12. The van der Waals surface area contributed by atoms with Crippen LogP contribution in [0.2, 0.25) is 0 Å². The van der Waals surface area contributed by atoms with Gasteiger partial charge in [-0.25, -0.2) is 9.78 Å². The van der Waals surface area contributed by atoms with Gasteiger partial charge < -0.3 is 10.4 Å². The Kier molecular flexibility index (Phi) is 5.82. The van der Waals surface area contributed by atoms with E-state index in [1.807, 2.05) is 24.3 Å². The minimum atomic E-state index is -1.22. The van der Waals surface area contributed by atoms with Crippen molar-refractivity contribution in [1.82, 2.24) is 14.5 Å². The summed E-state index contributed by atoms with van der Waals surface area (Å²) in [4.78, 5) is 46.6. The number of carboxylic acids is 1. The zero-order valence-corrected chi connectivity index (χ0v) is 19.1. The number of pyridine rings is 1. The first-order valence-electron chi connectivity index (χ1n) is 10.2. The van der Waals surface area contributed by atoms with Gasteiger partial charge in [0.25, 0.3) is 5.56 Å². The molecule has 9 heteroatoms. The Morgan fingerprint density at radius 3 is 2.36 bits per heavy atom. The monoisotopic (exact) mass is 462 g/mol. The van der Waals surface area contributed by atoms with Crippen molar-refractivity contribution < 1.29 is 14.7 Å². The van der Waals surface area contributed by atoms with Crippen LogP contribution in [0.3, 0.4) is 0 Å². The standard InChI is InChI=1S/C24H22N4O4S/c1-24(2,3)15-4-6-16(7-5-15)26-18(29)12-28-20(14-8-10-25-11-9-14)27-21-19(22(28)30)17(13-33-21)23(31)32/h4-11,13H,12H2,1-3H3,(H,26,29)(H,31,32). The van der Waals surface area contributed by atoms with Crippen molar-refractivity contribution in [3.8, 4) is 11.4 Å². The number of nitrogens with zero attached hydrogens (tertiary/aromatic N) is 3. The Bertz CT molecular complexity index is 1400. The number of aromatic carboxylic acids is 1. The van der Waals surface area contributed by atoms with E-state index >= 15 is 0 Å². The lowest BCUT2D eigenvalue weighted by molar-refractivity contribution is -0.116. The molecular formula is C24H22N4O4S. The second-order valence-electron chi connectivity index (χ2n) is 8.57. The van der Waals surface area contributed by atoms with Crippen molar-refractivity contribution in [3.63, 3.8) is 0 Å². The van der Waals surface area contributed by atoms with Gasteiger partial charge >= 0.3 is 5.97 Å². The molecule has 3 aromatic heterocycles. The van der Waals surface area contributed by atoms with Crippen molar-refractivity contribution in [3.05, 3.63) is 75.7 Å². The number of hydrogen-bond acceptors (Lipinski definition) is 6. The number of anilines is 1. The maximum atomic E-state index is 13.3. The Morgan fingerprint density at radius 2 is 1.76 bits per heavy atom. The molecule has 0 saturated heterocycles. The lowest BCUT2D eigenvalue weighted by Gasteiger charge is -2.19. The second-order valence-corrected chi connectivity index (χ2v) is 9.43. The number of aromatic nitrogens is 3. The predicted octanol–water partition coefficient (Wildman–Crippen LogP) is 4.15. The lowest BCUT2D eigenvalue weighted by atomic mass is 9.87. The molecule has 0 bridgehead atoms. The first-order chi connectivity index (χ1) is 15.6. The summed E-state index contributed by atoms with van der Waals surface area (Å²) in [5.74, 6) is -1.37. The van der Waals surface area contributed by atoms with Gasteiger partial charge in [0.05, 0.1) is 10.9 Å². The fourth-order valence-electron chi connectivity index (χ4n) is 3.45. The van der Waals surface area contributed by atoms with E-state index in [2.05, 4.69) is 36.1 Å². The number of rotatable bonds is 5. The molecule has 0 atom stereocenters. The number of carboxylic acid groups (broad SMARTS) is 1. The Hall–Kier alpha value is -3.85. The molecule has 0 aliphatic rings. The quantitative estimate of drug-likeness (QED) is 0.460. The van der Waals surface area contributed by atoms with E-state index in [-0.39, 0.29) is 28.7 Å². The normalized spacial score (nSPS) is 11.5. The number of benzene rings is 1. The van der Waals surface area contributed by atoms with Crippen LogP contribution in [0.1, 0.15) is 36.7 Å². The van der Waals surface area contributed by atoms with Gasteiger partial charge in [0.1, 0.15) is 17.2 Å². The van der Waals surface area contributed by atoms with Crippen LogP contribution >= 0.6 is 11.3 Å². The van der Waals surface area contributed by atoms with Gasteiger partial charge in [-0.3, -0.25) is 19.1 Å². The van der Waals surface area contributed by atoms with E-state index < -0.39 is 17.4 Å². The van der Waals surface area contributed by atoms with Crippen molar-refractivity contribution in [2.45, 2.75) is 32.7 Å². The molecule has 0 saturated carbocycles. The molecule has 1 amide bonds. The lowest BCUT2D eigenvalue weighted by Crippen LogP contribution is -2.30. The molecule has 8 nitrogen and oxygen atoms in total. The van der Waals surface area contributed by atoms with E-state index in [0.717, 1.165) is 16.9 Å². The zero-order chi connectivity index (χ0) is 23.8. The Balaban J connectivity index is 1.73. The van der Waals surface area contributed by atoms with Crippen molar-refractivity contribution in [2.75, 3.05) is 5.32 Å². The van der Waals surface area contributed by atoms with Crippen LogP contribution in [0.25, 0.3) is 21.6 Å². The van der Waals surface area contributed by atoms with Crippen LogP contribution in [0.5, 0.6) is 0 Å². The van der Waals surface area contributed by atoms with Gasteiger partial charge in [-0.1, -0.05) is 32.9 Å². The molecule has 0 aliphatic carbocycles. The number of carbonyl (C=O) groups is 2. The van der Waals surface area contributed by atoms with Crippen LogP contribution in [0.15, 0.2) is 59.0 Å². The third-order valence-corrected chi connectivity index (χ3v) is 6.07. The third-order valence-electron chi connectivity index (χ3n) is 5.20. The first-order valence-corrected chi connectivity index (χ1v) is 11.1. The molecule has 3 heterocycles. The molecule has 0 spiro atoms. The highest BCUT2D eigenvalue weighted by molar-refractivity contribution is 7.17. The van der Waals surface area contributed by atoms with Crippen molar-refractivity contribution in [1.29, 1.82) is 0 Å². The maximum Gasteiger partial charge on any atom is 0.337 e. The van der Waals surface area contributed by atoms with Gasteiger partial charge in [0.15, 0.2) is 0 Å². The highest BCUT2D eigenvalue weighted by Gasteiger charge is 2.22. The van der Waals surface area contributed by atoms with Crippen LogP contribution < -0.4 is 10.9 Å². The van der Waals surface area contributed by atoms with Crippen LogP contribution in [-0.4, -0.2) is 31.5 Å². The SMILES string of the molecule is CC(C)(C)c1ccc(NC(=O)Cn2c(-c3ccncc3)nc3scc(C(=O)O)c3c2=O)cc1. The average molecular weight is 463 g/mol. The van der Waals surface area contributed by atoms with Crippen LogP contribution in [0.4, 0.5) is 5.69 Å². The molecule has 33 heavy (non-hydrogen) atoms. The summed E-state index contributed by atoms with van der Waals surface area (Å²) < 4.78 is 1.20.